The number of imidazole rings is 1. The van der Waals surface area contributed by atoms with Crippen molar-refractivity contribution in [3.63, 3.8) is 0 Å². The summed E-state index contributed by atoms with van der Waals surface area (Å²) in [5.74, 6) is 1.16. The Labute approximate surface area is 174 Å². The zero-order chi connectivity index (χ0) is 19.9. The predicted octanol–water partition coefficient (Wildman–Crippen LogP) is 6.18. The van der Waals surface area contributed by atoms with Crippen molar-refractivity contribution in [1.29, 1.82) is 0 Å². The molecule has 0 aliphatic carbocycles. The monoisotopic (exact) mass is 388 g/mol. The van der Waals surface area contributed by atoms with E-state index in [1.165, 1.54) is 54.9 Å². The van der Waals surface area contributed by atoms with Gasteiger partial charge in [0, 0.05) is 43.0 Å². The fraction of sp³-hybridized carbons (Fsp3) is 0.440. The van der Waals surface area contributed by atoms with Crippen molar-refractivity contribution in [2.75, 3.05) is 13.1 Å². The molecule has 152 valence electrons. The molecule has 2 aromatic carbocycles. The third-order valence-electron chi connectivity index (χ3n) is 5.83. The summed E-state index contributed by atoms with van der Waals surface area (Å²) in [6.07, 6.45) is 14.8. The van der Waals surface area contributed by atoms with Gasteiger partial charge in [-0.05, 0) is 24.3 Å². The topological polar surface area (TPSA) is 33.4 Å². The maximum Gasteiger partial charge on any atom is 0.137 e. The zero-order valence-corrected chi connectivity index (χ0v) is 17.6. The van der Waals surface area contributed by atoms with Crippen LogP contribution in [0.2, 0.25) is 0 Å². The smallest absolute Gasteiger partial charge is 0.137 e. The molecule has 0 saturated carbocycles. The van der Waals surface area contributed by atoms with Crippen molar-refractivity contribution in [2.45, 2.75) is 58.4 Å². The molecule has 1 aliphatic rings. The van der Waals surface area contributed by atoms with Crippen LogP contribution in [0.1, 0.15) is 57.4 Å². The molecule has 0 atom stereocenters. The molecule has 0 saturated heterocycles. The second kappa shape index (κ2) is 9.73. The summed E-state index contributed by atoms with van der Waals surface area (Å²) in [5.41, 5.74) is 2.42. The van der Waals surface area contributed by atoms with E-state index in [0.29, 0.717) is 0 Å². The van der Waals surface area contributed by atoms with E-state index in [4.69, 9.17) is 4.99 Å². The van der Waals surface area contributed by atoms with E-state index < -0.39 is 0 Å². The highest BCUT2D eigenvalue weighted by atomic mass is 15.2. The molecule has 1 aromatic heterocycles. The van der Waals surface area contributed by atoms with Crippen molar-refractivity contribution in [3.8, 4) is 0 Å². The molecule has 0 amide bonds. The first kappa shape index (κ1) is 19.7. The van der Waals surface area contributed by atoms with Crippen LogP contribution in [-0.4, -0.2) is 33.4 Å². The fourth-order valence-electron chi connectivity index (χ4n) is 4.29. The van der Waals surface area contributed by atoms with Gasteiger partial charge in [0.25, 0.3) is 0 Å². The normalized spacial score (nSPS) is 12.5. The van der Waals surface area contributed by atoms with Crippen LogP contribution in [-0.2, 0) is 6.54 Å². The molecule has 2 heterocycles. The number of hydrogen-bond acceptors (Lipinski definition) is 3. The summed E-state index contributed by atoms with van der Waals surface area (Å²) in [7, 11) is 0. The van der Waals surface area contributed by atoms with Gasteiger partial charge in [0.15, 0.2) is 0 Å². The minimum absolute atomic E-state index is 0.997. The Morgan fingerprint density at radius 2 is 1.69 bits per heavy atom. The number of aryl methyl sites for hydroxylation is 1. The van der Waals surface area contributed by atoms with E-state index >= 15 is 0 Å². The standard InChI is InChI=1S/C25H32N4/c1-2-3-4-5-6-7-17-29(18-10-16-28-19-15-26-20-28)25-22-13-8-11-21-12-9-14-23(27-25)24(21)22/h8-9,11-15,19-20H,2-7,10,16-18H2,1H3. The van der Waals surface area contributed by atoms with Crippen molar-refractivity contribution in [3.05, 3.63) is 60.7 Å². The van der Waals surface area contributed by atoms with E-state index in [-0.39, 0.29) is 0 Å². The first-order valence-electron chi connectivity index (χ1n) is 11.2. The van der Waals surface area contributed by atoms with Crippen LogP contribution < -0.4 is 0 Å². The minimum atomic E-state index is 0.997. The molecule has 4 rings (SSSR count). The Bertz CT molecular complexity index is 937. The molecule has 0 spiro atoms. The Morgan fingerprint density at radius 3 is 2.52 bits per heavy atom. The van der Waals surface area contributed by atoms with Gasteiger partial charge in [-0.3, -0.25) is 0 Å². The number of amidine groups is 1. The Balaban J connectivity index is 1.45. The lowest BCUT2D eigenvalue weighted by molar-refractivity contribution is 0.383. The average Bonchev–Trinajstić information content (AvgIpc) is 3.39. The molecule has 0 bridgehead atoms. The SMILES string of the molecule is CCCCCCCCN(CCCn1ccnc1)C1=Nc2cccc3cccc1c23. The lowest BCUT2D eigenvalue weighted by atomic mass is 10.0. The number of benzene rings is 2. The molecule has 4 heteroatoms. The number of aromatic nitrogens is 2. The van der Waals surface area contributed by atoms with Gasteiger partial charge in [-0.2, -0.15) is 0 Å². The summed E-state index contributed by atoms with van der Waals surface area (Å²) in [6.45, 7) is 5.38. The summed E-state index contributed by atoms with van der Waals surface area (Å²) in [6, 6.07) is 13.0. The molecular weight excluding hydrogens is 356 g/mol. The lowest BCUT2D eigenvalue weighted by Crippen LogP contribution is -2.33. The molecule has 0 N–H and O–H groups in total. The van der Waals surface area contributed by atoms with Crippen LogP contribution >= 0.6 is 0 Å². The molecule has 0 unspecified atom stereocenters. The van der Waals surface area contributed by atoms with E-state index in [2.05, 4.69) is 57.8 Å². The van der Waals surface area contributed by atoms with Gasteiger partial charge in [-0.25, -0.2) is 9.98 Å². The molecule has 3 aromatic rings. The van der Waals surface area contributed by atoms with E-state index in [9.17, 15) is 0 Å². The van der Waals surface area contributed by atoms with Gasteiger partial charge in [0.2, 0.25) is 0 Å². The van der Waals surface area contributed by atoms with Crippen LogP contribution in [0, 0.1) is 0 Å². The highest BCUT2D eigenvalue weighted by molar-refractivity contribution is 6.18. The van der Waals surface area contributed by atoms with Crippen LogP contribution in [0.5, 0.6) is 0 Å². The Morgan fingerprint density at radius 1 is 0.897 bits per heavy atom. The van der Waals surface area contributed by atoms with Crippen molar-refractivity contribution >= 4 is 22.3 Å². The summed E-state index contributed by atoms with van der Waals surface area (Å²) < 4.78 is 2.16. The lowest BCUT2D eigenvalue weighted by Gasteiger charge is -2.25. The van der Waals surface area contributed by atoms with Crippen molar-refractivity contribution in [2.24, 2.45) is 4.99 Å². The highest BCUT2D eigenvalue weighted by Crippen LogP contribution is 2.36. The summed E-state index contributed by atoms with van der Waals surface area (Å²) in [5, 5.41) is 2.60. The largest absolute Gasteiger partial charge is 0.356 e. The number of aliphatic imine (C=N–C) groups is 1. The van der Waals surface area contributed by atoms with Gasteiger partial charge in [0.1, 0.15) is 5.84 Å². The number of unbranched alkanes of at least 4 members (excludes halogenated alkanes) is 5. The Kier molecular flexibility index (Phi) is 6.60. The number of nitrogens with zero attached hydrogens (tertiary/aromatic N) is 4. The van der Waals surface area contributed by atoms with E-state index in [0.717, 1.165) is 37.6 Å². The van der Waals surface area contributed by atoms with Gasteiger partial charge in [-0.1, -0.05) is 69.4 Å². The third kappa shape index (κ3) is 4.69. The third-order valence-corrected chi connectivity index (χ3v) is 5.83. The zero-order valence-electron chi connectivity index (χ0n) is 17.6. The molecule has 1 aliphatic heterocycles. The van der Waals surface area contributed by atoms with E-state index in [1.54, 1.807) is 0 Å². The quantitative estimate of drug-likeness (QED) is 0.367. The molecular formula is C25H32N4. The van der Waals surface area contributed by atoms with Crippen molar-refractivity contribution in [1.82, 2.24) is 14.5 Å². The van der Waals surface area contributed by atoms with Crippen LogP contribution in [0.3, 0.4) is 0 Å². The fourth-order valence-corrected chi connectivity index (χ4v) is 4.29. The summed E-state index contributed by atoms with van der Waals surface area (Å²) in [4.78, 5) is 11.7. The van der Waals surface area contributed by atoms with Gasteiger partial charge < -0.3 is 9.47 Å². The second-order valence-electron chi connectivity index (χ2n) is 8.03. The number of rotatable bonds is 11. The van der Waals surface area contributed by atoms with E-state index in [1.807, 2.05) is 18.7 Å². The maximum absolute atomic E-state index is 5.06. The molecule has 4 nitrogen and oxygen atoms in total. The Hall–Kier alpha value is -2.62. The molecule has 0 fully saturated rings. The molecule has 29 heavy (non-hydrogen) atoms. The average molecular weight is 389 g/mol. The first-order valence-corrected chi connectivity index (χ1v) is 11.2. The highest BCUT2D eigenvalue weighted by Gasteiger charge is 2.22. The van der Waals surface area contributed by atoms with Gasteiger partial charge >= 0.3 is 0 Å². The second-order valence-corrected chi connectivity index (χ2v) is 8.03. The van der Waals surface area contributed by atoms with Crippen LogP contribution in [0.25, 0.3) is 10.8 Å². The van der Waals surface area contributed by atoms with Crippen LogP contribution in [0.4, 0.5) is 5.69 Å². The van der Waals surface area contributed by atoms with Gasteiger partial charge in [0.05, 0.1) is 12.0 Å². The van der Waals surface area contributed by atoms with Crippen LogP contribution in [0.15, 0.2) is 60.1 Å². The van der Waals surface area contributed by atoms with Gasteiger partial charge in [-0.15, -0.1) is 0 Å². The first-order chi connectivity index (χ1) is 14.4. The minimum Gasteiger partial charge on any atom is -0.356 e. The summed E-state index contributed by atoms with van der Waals surface area (Å²) >= 11 is 0. The molecule has 0 radical (unpaired) electrons. The predicted molar refractivity (Wildman–Crippen MR) is 122 cm³/mol. The van der Waals surface area contributed by atoms with Crippen molar-refractivity contribution < 1.29 is 0 Å². The maximum atomic E-state index is 5.06. The number of hydrogen-bond donors (Lipinski definition) is 0.